The molecule has 0 N–H and O–H groups in total. The van der Waals surface area contributed by atoms with Gasteiger partial charge in [0.2, 0.25) is 0 Å². The van der Waals surface area contributed by atoms with Gasteiger partial charge in [-0.15, -0.1) is 0 Å². The fourth-order valence-electron chi connectivity index (χ4n) is 2.85. The highest BCUT2D eigenvalue weighted by Crippen LogP contribution is 2.22. The number of amides is 1. The minimum Gasteiger partial charge on any atom is -0.331 e. The van der Waals surface area contributed by atoms with E-state index >= 15 is 0 Å². The van der Waals surface area contributed by atoms with Gasteiger partial charge in [0.05, 0.1) is 5.69 Å². The van der Waals surface area contributed by atoms with Crippen LogP contribution in [0.3, 0.4) is 0 Å². The molecule has 1 aliphatic rings. The van der Waals surface area contributed by atoms with Crippen molar-refractivity contribution in [3.8, 4) is 0 Å². The topological polar surface area (TPSA) is 36.4 Å². The SMILES string of the molecule is CC.CCCC1CN(Cc2cccc(C(=O)N(C)CC(F)(F)F)n2)C1. The molecule has 0 spiro atoms. The summed E-state index contributed by atoms with van der Waals surface area (Å²) in [4.78, 5) is 19.1. The van der Waals surface area contributed by atoms with Gasteiger partial charge in [0.15, 0.2) is 0 Å². The summed E-state index contributed by atoms with van der Waals surface area (Å²) in [5, 5.41) is 0. The molecule has 1 aromatic heterocycles. The number of hydrogen-bond donors (Lipinski definition) is 0. The van der Waals surface area contributed by atoms with Crippen LogP contribution in [0.5, 0.6) is 0 Å². The van der Waals surface area contributed by atoms with Gasteiger partial charge >= 0.3 is 6.18 Å². The number of likely N-dealkylation sites (tertiary alicyclic amines) is 1. The summed E-state index contributed by atoms with van der Waals surface area (Å²) in [6.45, 7) is 7.55. The Bertz CT molecular complexity index is 543. The van der Waals surface area contributed by atoms with E-state index in [9.17, 15) is 18.0 Å². The summed E-state index contributed by atoms with van der Waals surface area (Å²) < 4.78 is 37.1. The Morgan fingerprint density at radius 1 is 1.32 bits per heavy atom. The molecule has 0 saturated carbocycles. The van der Waals surface area contributed by atoms with E-state index in [1.165, 1.54) is 18.9 Å². The van der Waals surface area contributed by atoms with Crippen LogP contribution in [0.25, 0.3) is 0 Å². The first kappa shape index (κ1) is 21.4. The van der Waals surface area contributed by atoms with E-state index in [0.29, 0.717) is 17.1 Å². The molecule has 7 heteroatoms. The Balaban J connectivity index is 0.00000151. The van der Waals surface area contributed by atoms with Crippen molar-refractivity contribution in [1.29, 1.82) is 0 Å². The molecule has 0 bridgehead atoms. The van der Waals surface area contributed by atoms with Crippen LogP contribution in [0, 0.1) is 5.92 Å². The maximum atomic E-state index is 12.4. The number of halogens is 3. The van der Waals surface area contributed by atoms with Crippen molar-refractivity contribution in [2.75, 3.05) is 26.7 Å². The molecule has 1 fully saturated rings. The third-order valence-electron chi connectivity index (χ3n) is 3.90. The van der Waals surface area contributed by atoms with E-state index in [-0.39, 0.29) is 5.69 Å². The lowest BCUT2D eigenvalue weighted by molar-refractivity contribution is -0.138. The second kappa shape index (κ2) is 9.75. The normalized spacial score (nSPS) is 15.2. The third kappa shape index (κ3) is 7.02. The van der Waals surface area contributed by atoms with Crippen molar-refractivity contribution in [1.82, 2.24) is 14.8 Å². The molecule has 2 heterocycles. The Morgan fingerprint density at radius 2 is 1.96 bits per heavy atom. The number of aromatic nitrogens is 1. The summed E-state index contributed by atoms with van der Waals surface area (Å²) >= 11 is 0. The van der Waals surface area contributed by atoms with Gasteiger partial charge in [-0.05, 0) is 24.5 Å². The van der Waals surface area contributed by atoms with Crippen LogP contribution in [0.15, 0.2) is 18.2 Å². The number of carbonyl (C=O) groups is 1. The van der Waals surface area contributed by atoms with Crippen molar-refractivity contribution in [3.05, 3.63) is 29.6 Å². The van der Waals surface area contributed by atoms with Gasteiger partial charge in [-0.3, -0.25) is 9.69 Å². The molecule has 142 valence electrons. The first-order valence-corrected chi connectivity index (χ1v) is 8.79. The average Bonchev–Trinajstić information content (AvgIpc) is 2.53. The number of pyridine rings is 1. The van der Waals surface area contributed by atoms with Gasteiger partial charge in [-0.2, -0.15) is 13.2 Å². The lowest BCUT2D eigenvalue weighted by Gasteiger charge is -2.39. The third-order valence-corrected chi connectivity index (χ3v) is 3.90. The Hall–Kier alpha value is -1.63. The number of carbonyl (C=O) groups excluding carboxylic acids is 1. The van der Waals surface area contributed by atoms with E-state index in [4.69, 9.17) is 0 Å². The second-order valence-electron chi connectivity index (χ2n) is 6.14. The van der Waals surface area contributed by atoms with Crippen molar-refractivity contribution >= 4 is 5.91 Å². The van der Waals surface area contributed by atoms with Gasteiger partial charge in [-0.1, -0.05) is 33.3 Å². The molecule has 2 rings (SSSR count). The fourth-order valence-corrected chi connectivity index (χ4v) is 2.85. The van der Waals surface area contributed by atoms with Crippen molar-refractivity contribution in [3.63, 3.8) is 0 Å². The first-order valence-electron chi connectivity index (χ1n) is 8.79. The predicted molar refractivity (Wildman–Crippen MR) is 92.3 cm³/mol. The lowest BCUT2D eigenvalue weighted by Crippen LogP contribution is -2.45. The van der Waals surface area contributed by atoms with Crippen molar-refractivity contribution < 1.29 is 18.0 Å². The van der Waals surface area contributed by atoms with Crippen LogP contribution >= 0.6 is 0 Å². The highest BCUT2D eigenvalue weighted by Gasteiger charge is 2.32. The molecule has 1 aromatic rings. The zero-order chi connectivity index (χ0) is 19.0. The van der Waals surface area contributed by atoms with Crippen LogP contribution in [0.4, 0.5) is 13.2 Å². The Kier molecular flexibility index (Phi) is 8.35. The van der Waals surface area contributed by atoms with Crippen LogP contribution in [0.2, 0.25) is 0 Å². The number of rotatable bonds is 6. The Morgan fingerprint density at radius 3 is 2.52 bits per heavy atom. The molecule has 0 aliphatic carbocycles. The largest absolute Gasteiger partial charge is 0.406 e. The summed E-state index contributed by atoms with van der Waals surface area (Å²) in [5.74, 6) is 0.0133. The van der Waals surface area contributed by atoms with Crippen LogP contribution in [0.1, 0.15) is 49.8 Å². The van der Waals surface area contributed by atoms with Gasteiger partial charge in [0, 0.05) is 26.7 Å². The van der Waals surface area contributed by atoms with Crippen molar-refractivity contribution in [2.24, 2.45) is 5.92 Å². The monoisotopic (exact) mass is 359 g/mol. The maximum Gasteiger partial charge on any atom is 0.406 e. The standard InChI is InChI=1S/C16H22F3N3O.C2H6/c1-3-5-12-8-22(9-12)10-13-6-4-7-14(20-13)15(23)21(2)11-16(17,18)19;1-2/h4,6-7,12H,3,5,8-11H2,1-2H3;1-2H3. The van der Waals surface area contributed by atoms with Gasteiger partial charge in [0.1, 0.15) is 12.2 Å². The number of nitrogens with zero attached hydrogens (tertiary/aromatic N) is 3. The molecule has 0 unspecified atom stereocenters. The second-order valence-corrected chi connectivity index (χ2v) is 6.14. The molecule has 1 saturated heterocycles. The molecular weight excluding hydrogens is 331 g/mol. The molecular formula is C18H28F3N3O. The van der Waals surface area contributed by atoms with E-state index in [2.05, 4.69) is 16.8 Å². The smallest absolute Gasteiger partial charge is 0.331 e. The first-order chi connectivity index (χ1) is 11.8. The molecule has 25 heavy (non-hydrogen) atoms. The molecule has 0 radical (unpaired) electrons. The summed E-state index contributed by atoms with van der Waals surface area (Å²) in [6, 6.07) is 4.92. The molecule has 4 nitrogen and oxygen atoms in total. The van der Waals surface area contributed by atoms with Gasteiger partial charge < -0.3 is 4.90 Å². The van der Waals surface area contributed by atoms with E-state index in [1.807, 2.05) is 13.8 Å². The van der Waals surface area contributed by atoms with E-state index < -0.39 is 18.6 Å². The average molecular weight is 359 g/mol. The minimum atomic E-state index is -4.41. The quantitative estimate of drug-likeness (QED) is 0.771. The minimum absolute atomic E-state index is 0.0554. The van der Waals surface area contributed by atoms with Crippen LogP contribution in [-0.2, 0) is 6.54 Å². The van der Waals surface area contributed by atoms with Gasteiger partial charge in [0.25, 0.3) is 5.91 Å². The predicted octanol–water partition coefficient (Wildman–Crippen LogP) is 3.97. The van der Waals surface area contributed by atoms with E-state index in [0.717, 1.165) is 26.1 Å². The lowest BCUT2D eigenvalue weighted by atomic mass is 9.95. The zero-order valence-corrected chi connectivity index (χ0v) is 15.4. The van der Waals surface area contributed by atoms with Crippen molar-refractivity contribution in [2.45, 2.75) is 46.3 Å². The fraction of sp³-hybridized carbons (Fsp3) is 0.667. The molecule has 1 aliphatic heterocycles. The molecule has 1 amide bonds. The summed E-state index contributed by atoms with van der Waals surface area (Å²) in [5.41, 5.74) is 0.770. The van der Waals surface area contributed by atoms with Crippen LogP contribution < -0.4 is 0 Å². The van der Waals surface area contributed by atoms with E-state index in [1.54, 1.807) is 12.1 Å². The number of hydrogen-bond acceptors (Lipinski definition) is 3. The maximum absolute atomic E-state index is 12.4. The highest BCUT2D eigenvalue weighted by atomic mass is 19.4. The molecule has 0 atom stereocenters. The summed E-state index contributed by atoms with van der Waals surface area (Å²) in [6.07, 6.45) is -2.02. The van der Waals surface area contributed by atoms with Crippen LogP contribution in [-0.4, -0.2) is 53.5 Å². The summed E-state index contributed by atoms with van der Waals surface area (Å²) in [7, 11) is 1.13. The van der Waals surface area contributed by atoms with Gasteiger partial charge in [-0.25, -0.2) is 4.98 Å². The molecule has 0 aromatic carbocycles. The highest BCUT2D eigenvalue weighted by molar-refractivity contribution is 5.92. The Labute approximate surface area is 148 Å². The number of alkyl halides is 3. The zero-order valence-electron chi connectivity index (χ0n) is 15.4.